The second-order valence-corrected chi connectivity index (χ2v) is 1.46. The van der Waals surface area contributed by atoms with Crippen LogP contribution in [0, 0.1) is 0 Å². The zero-order valence-corrected chi connectivity index (χ0v) is 4.89. The van der Waals surface area contributed by atoms with E-state index in [4.69, 9.17) is 16.1 Å². The van der Waals surface area contributed by atoms with Gasteiger partial charge in [0.2, 0.25) is 0 Å². The molecule has 1 aromatic carbocycles. The Bertz CT molecular complexity index is 464. The predicted molar refractivity (Wildman–Crippen MR) is 38.5 cm³/mol. The van der Waals surface area contributed by atoms with Gasteiger partial charge >= 0.3 is 0 Å². The summed E-state index contributed by atoms with van der Waals surface area (Å²) < 4.78 is 58.0. The van der Waals surface area contributed by atoms with Gasteiger partial charge in [0.25, 0.3) is 0 Å². The van der Waals surface area contributed by atoms with Crippen LogP contribution in [-0.2, 0) is 0 Å². The minimum Gasteiger partial charge on any atom is -0.393 e. The van der Waals surface area contributed by atoms with E-state index in [9.17, 15) is 5.11 Å². The quantitative estimate of drug-likeness (QED) is 0.645. The van der Waals surface area contributed by atoms with E-state index in [0.29, 0.717) is 0 Å². The summed E-state index contributed by atoms with van der Waals surface area (Å²) in [6.45, 7) is -3.49. The van der Waals surface area contributed by atoms with Crippen LogP contribution in [0.4, 0.5) is 0 Å². The molecule has 0 aliphatic rings. The number of hydrogen-bond acceptors (Lipinski definition) is 2. The lowest BCUT2D eigenvalue weighted by atomic mass is 10.1. The molecule has 10 heavy (non-hydrogen) atoms. The standard InChI is InChI=1S/C8H10O2/c9-6-8(10)7-4-2-1-3-5-7/h1-5,8-10H,6H2/i1D,2D,3D,4D,5D,6D2,8D. The van der Waals surface area contributed by atoms with Crippen LogP contribution in [0.3, 0.4) is 0 Å². The average molecular weight is 146 g/mol. The number of hydrogen-bond donors (Lipinski definition) is 2. The third kappa shape index (κ3) is 1.56. The molecule has 2 heteroatoms. The molecule has 0 aromatic heterocycles. The summed E-state index contributed by atoms with van der Waals surface area (Å²) in [7, 11) is 0. The zero-order chi connectivity index (χ0) is 14.5. The molecule has 54 valence electrons. The lowest BCUT2D eigenvalue weighted by Crippen LogP contribution is -2.01. The van der Waals surface area contributed by atoms with Crippen LogP contribution in [0.15, 0.2) is 30.2 Å². The molecule has 0 fully saturated rings. The van der Waals surface area contributed by atoms with E-state index in [1.54, 1.807) is 0 Å². The summed E-state index contributed by atoms with van der Waals surface area (Å²) in [6.07, 6.45) is -3.37. The second kappa shape index (κ2) is 3.34. The maximum absolute atomic E-state index is 9.60. The molecule has 2 nitrogen and oxygen atoms in total. The minimum absolute atomic E-state index is 0.733. The summed E-state index contributed by atoms with van der Waals surface area (Å²) in [4.78, 5) is 0. The van der Waals surface area contributed by atoms with Gasteiger partial charge < -0.3 is 10.2 Å². The smallest absolute Gasteiger partial charge is 0.102 e. The third-order valence-electron chi connectivity index (χ3n) is 0.843. The van der Waals surface area contributed by atoms with Crippen molar-refractivity contribution in [3.63, 3.8) is 0 Å². The van der Waals surface area contributed by atoms with E-state index in [2.05, 4.69) is 0 Å². The van der Waals surface area contributed by atoms with Crippen molar-refractivity contribution in [2.45, 2.75) is 6.08 Å². The van der Waals surface area contributed by atoms with Crippen LogP contribution in [0.5, 0.6) is 0 Å². The van der Waals surface area contributed by atoms with Crippen molar-refractivity contribution in [1.82, 2.24) is 0 Å². The topological polar surface area (TPSA) is 40.5 Å². The summed E-state index contributed by atoms with van der Waals surface area (Å²) in [6, 6.07) is -4.24. The van der Waals surface area contributed by atoms with Crippen molar-refractivity contribution < 1.29 is 21.2 Å². The van der Waals surface area contributed by atoms with Gasteiger partial charge in [0.15, 0.2) is 0 Å². The highest BCUT2D eigenvalue weighted by Gasteiger charge is 2.02. The molecule has 0 saturated carbocycles. The first kappa shape index (κ1) is 2.06. The molecule has 0 aliphatic heterocycles. The fraction of sp³-hybridized carbons (Fsp3) is 0.250. The van der Waals surface area contributed by atoms with Crippen LogP contribution in [0.25, 0.3) is 0 Å². The van der Waals surface area contributed by atoms with Crippen molar-refractivity contribution >= 4 is 0 Å². The minimum atomic E-state index is -3.49. The molecule has 1 aromatic rings. The Morgan fingerprint density at radius 1 is 1.60 bits per heavy atom. The molecule has 1 atom stereocenters. The Balaban J connectivity index is 3.72. The average Bonchev–Trinajstić information content (AvgIpc) is 2.22. The van der Waals surface area contributed by atoms with Gasteiger partial charge in [0.05, 0.1) is 17.5 Å². The Kier molecular flexibility index (Phi) is 0.689. The van der Waals surface area contributed by atoms with Gasteiger partial charge in [-0.25, -0.2) is 0 Å². The summed E-state index contributed by atoms with van der Waals surface area (Å²) in [5.74, 6) is 0. The van der Waals surface area contributed by atoms with Gasteiger partial charge in [-0.2, -0.15) is 0 Å². The van der Waals surface area contributed by atoms with E-state index in [0.717, 1.165) is 0 Å². The van der Waals surface area contributed by atoms with Crippen LogP contribution in [-0.4, -0.2) is 16.8 Å². The summed E-state index contributed by atoms with van der Waals surface area (Å²) >= 11 is 0. The molecule has 0 heterocycles. The van der Waals surface area contributed by atoms with Crippen molar-refractivity contribution in [1.29, 1.82) is 0 Å². The van der Waals surface area contributed by atoms with Crippen molar-refractivity contribution in [2.75, 3.05) is 6.56 Å². The van der Waals surface area contributed by atoms with Crippen LogP contribution in [0.1, 0.15) is 22.6 Å². The highest BCUT2D eigenvalue weighted by molar-refractivity contribution is 5.16. The number of rotatable bonds is 2. The Hall–Kier alpha value is -0.860. The van der Waals surface area contributed by atoms with Crippen LogP contribution in [0.2, 0.25) is 0 Å². The predicted octanol–water partition coefficient (Wildman–Crippen LogP) is 0.712. The fourth-order valence-electron chi connectivity index (χ4n) is 0.424. The van der Waals surface area contributed by atoms with Crippen LogP contribution < -0.4 is 0 Å². The van der Waals surface area contributed by atoms with E-state index in [-0.39, 0.29) is 0 Å². The highest BCUT2D eigenvalue weighted by Crippen LogP contribution is 2.09. The molecule has 1 unspecified atom stereocenters. The van der Waals surface area contributed by atoms with Gasteiger partial charge in [0, 0.05) is 0 Å². The molecule has 0 radical (unpaired) electrons. The molecular formula is C8H10O2. The van der Waals surface area contributed by atoms with Crippen LogP contribution >= 0.6 is 0 Å². The van der Waals surface area contributed by atoms with E-state index >= 15 is 0 Å². The normalized spacial score (nSPS) is 29.0. The number of benzene rings is 1. The third-order valence-corrected chi connectivity index (χ3v) is 0.843. The van der Waals surface area contributed by atoms with Gasteiger partial charge in [-0.1, -0.05) is 30.2 Å². The van der Waals surface area contributed by atoms with Gasteiger partial charge in [-0.3, -0.25) is 0 Å². The summed E-state index contributed by atoms with van der Waals surface area (Å²) in [5.41, 5.74) is -1.01. The first-order valence-corrected chi connectivity index (χ1v) is 2.45. The zero-order valence-electron chi connectivity index (χ0n) is 12.9. The van der Waals surface area contributed by atoms with Gasteiger partial charge in [0.1, 0.15) is 6.08 Å². The first-order chi connectivity index (χ1) is 7.93. The summed E-state index contributed by atoms with van der Waals surface area (Å²) in [5, 5.41) is 18.7. The molecular weight excluding hydrogens is 128 g/mol. The largest absolute Gasteiger partial charge is 0.393 e. The molecule has 0 amide bonds. The van der Waals surface area contributed by atoms with Gasteiger partial charge in [-0.15, -0.1) is 0 Å². The van der Waals surface area contributed by atoms with E-state index < -0.39 is 48.4 Å². The maximum atomic E-state index is 9.60. The first-order valence-electron chi connectivity index (χ1n) is 6.45. The molecule has 1 rings (SSSR count). The molecule has 0 spiro atoms. The lowest BCUT2D eigenvalue weighted by Gasteiger charge is -2.05. The van der Waals surface area contributed by atoms with Gasteiger partial charge in [-0.05, 0) is 5.56 Å². The fourth-order valence-corrected chi connectivity index (χ4v) is 0.424. The number of aliphatic hydroxyl groups is 2. The second-order valence-electron chi connectivity index (χ2n) is 1.46. The monoisotopic (exact) mass is 146 g/mol. The Morgan fingerprint density at radius 3 is 2.70 bits per heavy atom. The Labute approximate surface area is 71.0 Å². The van der Waals surface area contributed by atoms with Crippen molar-refractivity contribution in [3.8, 4) is 0 Å². The molecule has 0 saturated heterocycles. The highest BCUT2D eigenvalue weighted by atomic mass is 16.3. The maximum Gasteiger partial charge on any atom is 0.102 e. The molecule has 0 bridgehead atoms. The van der Waals surface area contributed by atoms with E-state index in [1.165, 1.54) is 0 Å². The van der Waals surface area contributed by atoms with E-state index in [1.807, 2.05) is 0 Å². The SMILES string of the molecule is [2H]c1c([2H])c([2H])c(C([2H])(O)C([2H])([2H])O)c([2H])c1[2H]. The van der Waals surface area contributed by atoms with Crippen molar-refractivity contribution in [3.05, 3.63) is 35.8 Å². The lowest BCUT2D eigenvalue weighted by molar-refractivity contribution is 0.0956. The van der Waals surface area contributed by atoms with Crippen molar-refractivity contribution in [2.24, 2.45) is 0 Å². The molecule has 2 N–H and O–H groups in total. The molecule has 0 aliphatic carbocycles. The Morgan fingerprint density at radius 2 is 2.20 bits per heavy atom.